The average Bonchev–Trinajstić information content (AvgIpc) is 2.69. The maximum Gasteiger partial charge on any atom is 0.174 e. The van der Waals surface area contributed by atoms with Gasteiger partial charge < -0.3 is 29.1 Å². The fourth-order valence-electron chi connectivity index (χ4n) is 2.36. The number of thiocarbonyl (C=S) groups is 2. The molecule has 0 radical (unpaired) electrons. The molecule has 0 saturated heterocycles. The molecule has 0 spiro atoms. The Bertz CT molecular complexity index is 573. The van der Waals surface area contributed by atoms with Gasteiger partial charge in [-0.25, -0.2) is 0 Å². The topological polar surface area (TPSA) is 64.7 Å². The van der Waals surface area contributed by atoms with Crippen molar-refractivity contribution in [3.63, 3.8) is 0 Å². The molecule has 0 heterocycles. The van der Waals surface area contributed by atoms with Crippen molar-refractivity contribution >= 4 is 49.2 Å². The Kier molecular flexibility index (Phi) is 13.2. The van der Waals surface area contributed by atoms with E-state index in [9.17, 15) is 9.13 Å². The smallest absolute Gasteiger partial charge is 0.174 e. The van der Waals surface area contributed by atoms with Crippen LogP contribution in [0.5, 0.6) is 0 Å². The first-order valence-corrected chi connectivity index (χ1v) is 14.6. The summed E-state index contributed by atoms with van der Waals surface area (Å²) >= 11 is 11.0. The fourth-order valence-corrected chi connectivity index (χ4v) is 6.19. The first-order chi connectivity index (χ1) is 13.1. The third-order valence-electron chi connectivity index (χ3n) is 4.56. The zero-order valence-electron chi connectivity index (χ0n) is 17.6. The van der Waals surface area contributed by atoms with Crippen LogP contribution in [0.15, 0.2) is 25.3 Å². The summed E-state index contributed by atoms with van der Waals surface area (Å²) in [5.74, 6) is 0. The molecule has 6 nitrogen and oxygen atoms in total. The van der Waals surface area contributed by atoms with Gasteiger partial charge in [0.2, 0.25) is 0 Å². The summed E-state index contributed by atoms with van der Waals surface area (Å²) in [5.41, 5.74) is 0. The zero-order valence-corrected chi connectivity index (χ0v) is 21.1. The van der Waals surface area contributed by atoms with Crippen LogP contribution in [0.1, 0.15) is 27.7 Å². The second kappa shape index (κ2) is 13.5. The highest BCUT2D eigenvalue weighted by Gasteiger charge is 2.23. The van der Waals surface area contributed by atoms with Crippen LogP contribution in [0.4, 0.5) is 0 Å². The highest BCUT2D eigenvalue weighted by Crippen LogP contribution is 2.40. The lowest BCUT2D eigenvalue weighted by Crippen LogP contribution is -2.46. The summed E-state index contributed by atoms with van der Waals surface area (Å²) in [5, 5.41) is 7.02. The van der Waals surface area contributed by atoms with E-state index in [1.54, 1.807) is 12.2 Å². The van der Waals surface area contributed by atoms with Gasteiger partial charge in [-0.3, -0.25) is 0 Å². The lowest BCUT2D eigenvalue weighted by atomic mass is 10.4. The Balaban J connectivity index is 5.16. The van der Waals surface area contributed by atoms with Crippen LogP contribution in [0, 0.1) is 0 Å². The van der Waals surface area contributed by atoms with Crippen LogP contribution in [0.3, 0.4) is 0 Å². The largest absolute Gasteiger partial charge is 0.344 e. The predicted molar refractivity (Wildman–Crippen MR) is 132 cm³/mol. The number of hydrogen-bond acceptors (Lipinski definition) is 4. The summed E-state index contributed by atoms with van der Waals surface area (Å²) in [4.78, 5) is 3.83. The minimum atomic E-state index is -2.50. The summed E-state index contributed by atoms with van der Waals surface area (Å²) in [7, 11) is -5.00. The molecule has 0 aliphatic carbocycles. The molecule has 0 unspecified atom stereocenters. The Hall–Kier alpha value is -0.680. The minimum Gasteiger partial charge on any atom is -0.344 e. The standard InChI is InChI=1S/C18H36N4O2P2S2/c1-7-13-21(17(27)19-25(23,9-3)10-4)15-16-22(14-8-2)18(28)20-26(24,11-5)12-6/h7-8H,1-2,9-16H2,3-6H3,(H,19,23,27)(H,20,24,28). The van der Waals surface area contributed by atoms with Gasteiger partial charge in [0.15, 0.2) is 24.8 Å². The average molecular weight is 467 g/mol. The van der Waals surface area contributed by atoms with Crippen molar-refractivity contribution in [3.05, 3.63) is 25.3 Å². The molecule has 0 aromatic carbocycles. The predicted octanol–water partition coefficient (Wildman–Crippen LogP) is 4.35. The van der Waals surface area contributed by atoms with Crippen LogP contribution < -0.4 is 10.2 Å². The molecular weight excluding hydrogens is 430 g/mol. The molecule has 0 aromatic rings. The molecule has 0 aromatic heterocycles. The van der Waals surface area contributed by atoms with Gasteiger partial charge in [-0.2, -0.15) is 0 Å². The monoisotopic (exact) mass is 466 g/mol. The minimum absolute atomic E-state index is 0.456. The van der Waals surface area contributed by atoms with Gasteiger partial charge in [-0.05, 0) is 24.4 Å². The molecule has 0 amide bonds. The Morgan fingerprint density at radius 2 is 1.07 bits per heavy atom. The van der Waals surface area contributed by atoms with Gasteiger partial charge in [0, 0.05) is 50.8 Å². The van der Waals surface area contributed by atoms with Crippen molar-refractivity contribution < 1.29 is 9.13 Å². The van der Waals surface area contributed by atoms with Crippen LogP contribution in [0.25, 0.3) is 0 Å². The van der Waals surface area contributed by atoms with E-state index in [0.717, 1.165) is 0 Å². The van der Waals surface area contributed by atoms with E-state index in [0.29, 0.717) is 61.1 Å². The highest BCUT2D eigenvalue weighted by molar-refractivity contribution is 7.81. The molecule has 162 valence electrons. The van der Waals surface area contributed by atoms with Crippen molar-refractivity contribution in [3.8, 4) is 0 Å². The fraction of sp³-hybridized carbons (Fsp3) is 0.667. The van der Waals surface area contributed by atoms with E-state index in [-0.39, 0.29) is 0 Å². The molecular formula is C18H36N4O2P2S2. The van der Waals surface area contributed by atoms with E-state index in [4.69, 9.17) is 24.4 Å². The maximum absolute atomic E-state index is 12.7. The summed E-state index contributed by atoms with van der Waals surface area (Å²) < 4.78 is 25.4. The van der Waals surface area contributed by atoms with Gasteiger partial charge in [-0.15, -0.1) is 13.2 Å². The van der Waals surface area contributed by atoms with Crippen LogP contribution >= 0.6 is 39.0 Å². The van der Waals surface area contributed by atoms with Gasteiger partial charge in [0.1, 0.15) is 0 Å². The molecule has 0 saturated carbocycles. The van der Waals surface area contributed by atoms with E-state index in [1.807, 2.05) is 37.5 Å². The number of rotatable bonds is 13. The Labute approximate surface area is 182 Å². The zero-order chi connectivity index (χ0) is 21.8. The van der Waals surface area contributed by atoms with Crippen molar-refractivity contribution in [1.29, 1.82) is 0 Å². The summed E-state index contributed by atoms with van der Waals surface area (Å²) in [6, 6.07) is 0. The molecule has 0 aliphatic rings. The Morgan fingerprint density at radius 1 is 0.786 bits per heavy atom. The highest BCUT2D eigenvalue weighted by atomic mass is 32.1. The molecule has 28 heavy (non-hydrogen) atoms. The maximum atomic E-state index is 12.7. The number of nitrogens with zero attached hydrogens (tertiary/aromatic N) is 2. The molecule has 0 bridgehead atoms. The SMILES string of the molecule is C=CCN(CCN(CC=C)C(=S)NP(=O)(CC)CC)C(=S)NP(=O)(CC)CC. The van der Waals surface area contributed by atoms with Crippen LogP contribution in [-0.2, 0) is 9.13 Å². The third-order valence-corrected chi connectivity index (χ3v) is 10.9. The third kappa shape index (κ3) is 9.21. The molecule has 0 rings (SSSR count). The second-order valence-electron chi connectivity index (χ2n) is 6.35. The first kappa shape index (κ1) is 27.3. The van der Waals surface area contributed by atoms with Crippen LogP contribution in [-0.4, -0.2) is 70.9 Å². The van der Waals surface area contributed by atoms with Gasteiger partial charge in [0.25, 0.3) is 0 Å². The number of hydrogen-bond donors (Lipinski definition) is 2. The van der Waals surface area contributed by atoms with E-state index >= 15 is 0 Å². The first-order valence-electron chi connectivity index (χ1n) is 9.66. The van der Waals surface area contributed by atoms with Crippen LogP contribution in [0.2, 0.25) is 0 Å². The summed E-state index contributed by atoms with van der Waals surface area (Å²) in [6.07, 6.45) is 5.70. The molecule has 2 N–H and O–H groups in total. The molecule has 0 atom stereocenters. The van der Waals surface area contributed by atoms with Crippen molar-refractivity contribution in [2.45, 2.75) is 27.7 Å². The van der Waals surface area contributed by atoms with E-state index in [2.05, 4.69) is 23.3 Å². The summed E-state index contributed by atoms with van der Waals surface area (Å²) in [6.45, 7) is 17.3. The molecule has 0 fully saturated rings. The lowest BCUT2D eigenvalue weighted by molar-refractivity contribution is 0.372. The quantitative estimate of drug-likeness (QED) is 0.236. The van der Waals surface area contributed by atoms with Gasteiger partial charge in [-0.1, -0.05) is 39.8 Å². The number of nitrogens with one attached hydrogen (secondary N) is 2. The van der Waals surface area contributed by atoms with Crippen molar-refractivity contribution in [1.82, 2.24) is 20.0 Å². The van der Waals surface area contributed by atoms with Gasteiger partial charge in [0.05, 0.1) is 0 Å². The van der Waals surface area contributed by atoms with Gasteiger partial charge >= 0.3 is 0 Å². The second-order valence-corrected chi connectivity index (χ2v) is 13.7. The molecule has 10 heteroatoms. The lowest BCUT2D eigenvalue weighted by Gasteiger charge is -2.32. The van der Waals surface area contributed by atoms with Crippen molar-refractivity contribution in [2.75, 3.05) is 50.8 Å². The van der Waals surface area contributed by atoms with Crippen molar-refractivity contribution in [2.24, 2.45) is 0 Å². The van der Waals surface area contributed by atoms with E-state index in [1.165, 1.54) is 0 Å². The van der Waals surface area contributed by atoms with E-state index < -0.39 is 14.6 Å². The normalized spacial score (nSPS) is 11.4. The Morgan fingerprint density at radius 3 is 1.29 bits per heavy atom. The molecule has 0 aliphatic heterocycles.